The van der Waals surface area contributed by atoms with Crippen LogP contribution >= 0.6 is 7.14 Å². The van der Waals surface area contributed by atoms with Crippen molar-refractivity contribution in [3.63, 3.8) is 0 Å². The molecule has 2 heterocycles. The Hall–Kier alpha value is -7.98. The van der Waals surface area contributed by atoms with Crippen LogP contribution in [0.25, 0.3) is 45.3 Å². The summed E-state index contributed by atoms with van der Waals surface area (Å²) in [6.45, 7) is 0. The SMILES string of the molecule is O=P1(c2ccccc2)c2ccccc2N(c2ccc3c(c2)C(c2ccccc2)(c2ccccc2)c2cc(-c4nc(-c5ccccc5)nc(-c5ccccc5)n4)ccc2-3)c2ccccc21. The molecule has 0 saturated heterocycles. The van der Waals surface area contributed by atoms with E-state index in [1.165, 1.54) is 0 Å². The Labute approximate surface area is 372 Å². The summed E-state index contributed by atoms with van der Waals surface area (Å²) in [5.74, 6) is 1.84. The highest BCUT2D eigenvalue weighted by Gasteiger charge is 2.47. The van der Waals surface area contributed by atoms with E-state index in [9.17, 15) is 0 Å². The normalized spacial score (nSPS) is 13.9. The lowest BCUT2D eigenvalue weighted by molar-refractivity contribution is 0.592. The number of para-hydroxylation sites is 2. The van der Waals surface area contributed by atoms with Crippen LogP contribution < -0.4 is 20.8 Å². The maximum Gasteiger partial charge on any atom is 0.175 e. The van der Waals surface area contributed by atoms with Gasteiger partial charge < -0.3 is 9.46 Å². The van der Waals surface area contributed by atoms with Crippen LogP contribution in [-0.2, 0) is 9.98 Å². The van der Waals surface area contributed by atoms with E-state index in [-0.39, 0.29) is 0 Å². The summed E-state index contributed by atoms with van der Waals surface area (Å²) in [6.07, 6.45) is 0. The van der Waals surface area contributed by atoms with Crippen molar-refractivity contribution in [3.8, 4) is 45.3 Å². The summed E-state index contributed by atoms with van der Waals surface area (Å²) in [4.78, 5) is 17.6. The van der Waals surface area contributed by atoms with Crippen molar-refractivity contribution < 1.29 is 4.57 Å². The minimum Gasteiger partial charge on any atom is -0.309 e. The minimum atomic E-state index is -3.23. The molecular weight excluding hydrogens is 800 g/mol. The first kappa shape index (κ1) is 37.8. The molecule has 0 spiro atoms. The summed E-state index contributed by atoms with van der Waals surface area (Å²) >= 11 is 0. The summed E-state index contributed by atoms with van der Waals surface area (Å²) < 4.78 is 15.8. The van der Waals surface area contributed by atoms with Crippen molar-refractivity contribution >= 4 is 40.1 Å². The predicted molar refractivity (Wildman–Crippen MR) is 261 cm³/mol. The summed E-state index contributed by atoms with van der Waals surface area (Å²) in [5, 5.41) is 2.48. The average molecular weight is 839 g/mol. The zero-order chi connectivity index (χ0) is 42.7. The first-order valence-corrected chi connectivity index (χ1v) is 23.3. The van der Waals surface area contributed by atoms with Crippen LogP contribution in [0.4, 0.5) is 17.1 Å². The number of benzene rings is 9. The number of nitrogens with zero attached hydrogens (tertiary/aromatic N) is 4. The van der Waals surface area contributed by atoms with E-state index in [0.29, 0.717) is 17.5 Å². The molecular formula is C58H39N4OP. The summed E-state index contributed by atoms with van der Waals surface area (Å²) in [7, 11) is -3.23. The van der Waals surface area contributed by atoms with Gasteiger partial charge in [0.05, 0.1) is 16.8 Å². The second-order valence-electron chi connectivity index (χ2n) is 16.3. The van der Waals surface area contributed by atoms with Gasteiger partial charge in [0.15, 0.2) is 24.6 Å². The van der Waals surface area contributed by atoms with E-state index < -0.39 is 12.6 Å². The number of aromatic nitrogens is 3. The molecule has 0 saturated carbocycles. The highest BCUT2D eigenvalue weighted by Crippen LogP contribution is 2.59. The maximum atomic E-state index is 15.8. The van der Waals surface area contributed by atoms with E-state index in [0.717, 1.165) is 83.0 Å². The number of hydrogen-bond donors (Lipinski definition) is 0. The quantitative estimate of drug-likeness (QED) is 0.150. The van der Waals surface area contributed by atoms with E-state index in [4.69, 9.17) is 15.0 Å². The molecule has 0 amide bonds. The van der Waals surface area contributed by atoms with Crippen molar-refractivity contribution in [1.82, 2.24) is 15.0 Å². The molecule has 64 heavy (non-hydrogen) atoms. The van der Waals surface area contributed by atoms with Crippen LogP contribution in [0, 0.1) is 0 Å². The summed E-state index contributed by atoms with van der Waals surface area (Å²) in [6, 6.07) is 81.8. The topological polar surface area (TPSA) is 59.0 Å². The molecule has 0 unspecified atom stereocenters. The van der Waals surface area contributed by atoms with E-state index >= 15 is 4.57 Å². The molecule has 0 atom stereocenters. The van der Waals surface area contributed by atoms with Gasteiger partial charge >= 0.3 is 0 Å². The van der Waals surface area contributed by atoms with Gasteiger partial charge in [-0.2, -0.15) is 0 Å². The van der Waals surface area contributed by atoms with Crippen molar-refractivity contribution in [2.45, 2.75) is 5.41 Å². The Bertz CT molecular complexity index is 3270. The molecule has 6 heteroatoms. The highest BCUT2D eigenvalue weighted by atomic mass is 31.2. The molecule has 12 rings (SSSR count). The fraction of sp³-hybridized carbons (Fsp3) is 0.0172. The number of fused-ring (bicyclic) bond motifs is 5. The first-order chi connectivity index (χ1) is 31.6. The smallest absolute Gasteiger partial charge is 0.175 e. The second kappa shape index (κ2) is 15.1. The largest absolute Gasteiger partial charge is 0.309 e. The van der Waals surface area contributed by atoms with Gasteiger partial charge in [0.25, 0.3) is 0 Å². The standard InChI is InChI=1S/C58H39N4OP/c63-64(46-28-14-5-15-29-46)53-32-18-16-30-51(53)62(52-31-17-19-33-54(52)64)45-35-37-48-47-36-34-42(57-60-55(40-20-6-1-7-21-40)59-56(61-57)41-22-8-2-9-23-41)38-49(47)58(50(48)39-45,43-24-10-3-11-25-43)44-26-12-4-13-27-44/h1-39H. The lowest BCUT2D eigenvalue weighted by Crippen LogP contribution is -2.36. The van der Waals surface area contributed by atoms with Gasteiger partial charge in [-0.05, 0) is 75.8 Å². The minimum absolute atomic E-state index is 0.603. The summed E-state index contributed by atoms with van der Waals surface area (Å²) in [5.41, 5.74) is 11.7. The lowest BCUT2D eigenvalue weighted by Gasteiger charge is -2.39. The molecule has 0 fully saturated rings. The fourth-order valence-corrected chi connectivity index (χ4v) is 13.0. The second-order valence-corrected chi connectivity index (χ2v) is 19.0. The molecule has 0 radical (unpaired) electrons. The van der Waals surface area contributed by atoms with Crippen LogP contribution in [0.1, 0.15) is 22.3 Å². The molecule has 0 bridgehead atoms. The molecule has 9 aromatic carbocycles. The molecule has 5 nitrogen and oxygen atoms in total. The van der Waals surface area contributed by atoms with E-state index in [1.807, 2.05) is 127 Å². The van der Waals surface area contributed by atoms with Gasteiger partial charge in [-0.1, -0.05) is 194 Å². The molecule has 2 aliphatic rings. The van der Waals surface area contributed by atoms with Gasteiger partial charge in [0.1, 0.15) is 0 Å². The lowest BCUT2D eigenvalue weighted by atomic mass is 9.67. The van der Waals surface area contributed by atoms with E-state index in [2.05, 4.69) is 114 Å². The Morgan fingerprint density at radius 2 is 0.781 bits per heavy atom. The molecule has 1 aromatic heterocycles. The van der Waals surface area contributed by atoms with E-state index in [1.54, 1.807) is 0 Å². The maximum absolute atomic E-state index is 15.8. The molecule has 10 aromatic rings. The highest BCUT2D eigenvalue weighted by molar-refractivity contribution is 7.86. The first-order valence-electron chi connectivity index (χ1n) is 21.6. The van der Waals surface area contributed by atoms with Crippen molar-refractivity contribution in [1.29, 1.82) is 0 Å². The van der Waals surface area contributed by atoms with Crippen molar-refractivity contribution in [2.24, 2.45) is 0 Å². The van der Waals surface area contributed by atoms with Gasteiger partial charge in [0.2, 0.25) is 0 Å². The van der Waals surface area contributed by atoms with Gasteiger partial charge in [-0.15, -0.1) is 0 Å². The Balaban J connectivity index is 1.10. The van der Waals surface area contributed by atoms with Crippen molar-refractivity contribution in [2.75, 3.05) is 4.90 Å². The molecule has 1 aliphatic heterocycles. The van der Waals surface area contributed by atoms with Gasteiger partial charge in [-0.25, -0.2) is 15.0 Å². The Kier molecular flexibility index (Phi) is 8.92. The third kappa shape index (κ3) is 5.78. The number of rotatable bonds is 7. The van der Waals surface area contributed by atoms with Crippen LogP contribution in [0.5, 0.6) is 0 Å². The third-order valence-electron chi connectivity index (χ3n) is 12.8. The van der Waals surface area contributed by atoms with Crippen LogP contribution in [0.15, 0.2) is 237 Å². The van der Waals surface area contributed by atoms with Gasteiger partial charge in [-0.3, -0.25) is 0 Å². The van der Waals surface area contributed by atoms with Crippen molar-refractivity contribution in [3.05, 3.63) is 259 Å². The predicted octanol–water partition coefficient (Wildman–Crippen LogP) is 12.7. The third-order valence-corrected chi connectivity index (χ3v) is 15.9. The molecule has 302 valence electrons. The number of hydrogen-bond acceptors (Lipinski definition) is 5. The van der Waals surface area contributed by atoms with Crippen LogP contribution in [0.2, 0.25) is 0 Å². The Morgan fingerprint density at radius 1 is 0.375 bits per heavy atom. The van der Waals surface area contributed by atoms with Crippen LogP contribution in [-0.4, -0.2) is 15.0 Å². The zero-order valence-electron chi connectivity index (χ0n) is 34.7. The zero-order valence-corrected chi connectivity index (χ0v) is 35.6. The van der Waals surface area contributed by atoms with Crippen LogP contribution in [0.3, 0.4) is 0 Å². The monoisotopic (exact) mass is 838 g/mol. The molecule has 1 aliphatic carbocycles. The Morgan fingerprint density at radius 3 is 1.30 bits per heavy atom. The van der Waals surface area contributed by atoms with Gasteiger partial charge in [0, 0.05) is 38.3 Å². The fourth-order valence-electron chi connectivity index (χ4n) is 9.99. The average Bonchev–Trinajstić information content (AvgIpc) is 3.67. The molecule has 0 N–H and O–H groups in total. The number of anilines is 3.